The molecule has 3 aromatic heterocycles. The summed E-state index contributed by atoms with van der Waals surface area (Å²) in [5.74, 6) is 0.491. The third-order valence-corrected chi connectivity index (χ3v) is 11.3. The summed E-state index contributed by atoms with van der Waals surface area (Å²) in [4.78, 5) is 50.4. The Bertz CT molecular complexity index is 2060. The Labute approximate surface area is 297 Å². The van der Waals surface area contributed by atoms with Gasteiger partial charge in [0.15, 0.2) is 0 Å². The molecule has 5 aromatic rings. The lowest BCUT2D eigenvalue weighted by atomic mass is 9.95. The highest BCUT2D eigenvalue weighted by molar-refractivity contribution is 6.05. The van der Waals surface area contributed by atoms with E-state index in [1.807, 2.05) is 18.3 Å². The van der Waals surface area contributed by atoms with Gasteiger partial charge in [0.1, 0.15) is 12.0 Å². The number of H-pyrrole nitrogens is 1. The standard InChI is InChI=1S/C40H43N9O2/c50-37-14-17-49(40(51)45-37)32-8-6-31(7-9-32)47-15-12-27(13-16-47)25-46-18-20-48(21-19-46)33-10-11-35(41-24-33)36-23-34-38(42-26-43-39(34)44-36)30-5-4-28-2-1-3-29(28)22-30/h4-11,22-24,26-27H,1-3,12-21,25H2,(H,42,43,44)(H,45,50,51). The van der Waals surface area contributed by atoms with Crippen molar-refractivity contribution in [2.75, 3.05) is 67.1 Å². The molecule has 11 heteroatoms. The molecule has 2 aromatic carbocycles. The van der Waals surface area contributed by atoms with Gasteiger partial charge in [0.25, 0.3) is 0 Å². The Hall–Kier alpha value is -5.29. The highest BCUT2D eigenvalue weighted by atomic mass is 16.2. The van der Waals surface area contributed by atoms with Crippen LogP contribution in [0.4, 0.5) is 21.9 Å². The molecule has 0 atom stereocenters. The van der Waals surface area contributed by atoms with Crippen LogP contribution < -0.4 is 20.0 Å². The quantitative estimate of drug-likeness (QED) is 0.226. The predicted molar refractivity (Wildman–Crippen MR) is 200 cm³/mol. The number of imide groups is 1. The van der Waals surface area contributed by atoms with Gasteiger partial charge in [-0.25, -0.2) is 14.8 Å². The first-order valence-corrected chi connectivity index (χ1v) is 18.4. The molecular formula is C40H43N9O2. The lowest BCUT2D eigenvalue weighted by Crippen LogP contribution is -2.49. The molecule has 3 fully saturated rings. The maximum absolute atomic E-state index is 12.2. The van der Waals surface area contributed by atoms with E-state index in [2.05, 4.69) is 83.5 Å². The first-order valence-electron chi connectivity index (χ1n) is 18.4. The normalized spacial score (nSPS) is 18.8. The number of aromatic nitrogens is 4. The monoisotopic (exact) mass is 681 g/mol. The van der Waals surface area contributed by atoms with Crippen molar-refractivity contribution >= 4 is 40.0 Å². The number of rotatable bonds is 7. The van der Waals surface area contributed by atoms with Crippen molar-refractivity contribution in [3.8, 4) is 22.6 Å². The SMILES string of the molecule is O=C1CCN(c2ccc(N3CCC(CN4CCN(c5ccc(-c6cc7c(-c8ccc9c(c8)CCC9)ncnc7[nH]6)nc5)CC4)CC3)cc2)C(=O)N1. The first-order chi connectivity index (χ1) is 25.0. The molecule has 51 heavy (non-hydrogen) atoms. The van der Waals surface area contributed by atoms with E-state index in [1.165, 1.54) is 48.2 Å². The van der Waals surface area contributed by atoms with Gasteiger partial charge in [-0.15, -0.1) is 0 Å². The Morgan fingerprint density at radius 3 is 2.25 bits per heavy atom. The molecule has 0 radical (unpaired) electrons. The minimum Gasteiger partial charge on any atom is -0.372 e. The van der Waals surface area contributed by atoms with Gasteiger partial charge in [-0.05, 0) is 97.7 Å². The zero-order valence-corrected chi connectivity index (χ0v) is 28.9. The van der Waals surface area contributed by atoms with E-state index in [-0.39, 0.29) is 11.9 Å². The van der Waals surface area contributed by atoms with Crippen LogP contribution >= 0.6 is 0 Å². The largest absolute Gasteiger partial charge is 0.372 e. The molecule has 260 valence electrons. The highest BCUT2D eigenvalue weighted by Crippen LogP contribution is 2.33. The summed E-state index contributed by atoms with van der Waals surface area (Å²) in [7, 11) is 0. The average Bonchev–Trinajstić information content (AvgIpc) is 3.83. The Kier molecular flexibility index (Phi) is 8.35. The number of piperidine rings is 1. The molecule has 0 spiro atoms. The Morgan fingerprint density at radius 1 is 0.706 bits per heavy atom. The molecule has 3 saturated heterocycles. The van der Waals surface area contributed by atoms with Crippen LogP contribution in [0.1, 0.15) is 36.8 Å². The number of piperazine rings is 1. The van der Waals surface area contributed by atoms with Gasteiger partial charge in [-0.2, -0.15) is 0 Å². The summed E-state index contributed by atoms with van der Waals surface area (Å²) in [6.07, 6.45) is 9.91. The lowest BCUT2D eigenvalue weighted by Gasteiger charge is -2.40. The van der Waals surface area contributed by atoms with Crippen LogP contribution in [-0.4, -0.2) is 89.1 Å². The molecular weight excluding hydrogens is 639 g/mol. The van der Waals surface area contributed by atoms with E-state index in [0.717, 1.165) is 91.6 Å². The summed E-state index contributed by atoms with van der Waals surface area (Å²) in [6, 6.07) is 21.0. The molecule has 6 heterocycles. The van der Waals surface area contributed by atoms with Crippen molar-refractivity contribution < 1.29 is 9.59 Å². The summed E-state index contributed by atoms with van der Waals surface area (Å²) in [5.41, 5.74) is 10.9. The van der Waals surface area contributed by atoms with Gasteiger partial charge in [0.05, 0.1) is 29.0 Å². The Balaban J connectivity index is 0.769. The minimum atomic E-state index is -0.340. The molecule has 0 unspecified atom stereocenters. The van der Waals surface area contributed by atoms with E-state index in [0.29, 0.717) is 18.9 Å². The van der Waals surface area contributed by atoms with Crippen LogP contribution in [-0.2, 0) is 17.6 Å². The number of carbonyl (C=O) groups is 2. The average molecular weight is 682 g/mol. The second-order valence-electron chi connectivity index (χ2n) is 14.4. The summed E-state index contributed by atoms with van der Waals surface area (Å²) >= 11 is 0. The number of amides is 3. The van der Waals surface area contributed by atoms with E-state index in [9.17, 15) is 9.59 Å². The predicted octanol–water partition coefficient (Wildman–Crippen LogP) is 5.66. The van der Waals surface area contributed by atoms with Crippen LogP contribution in [0.2, 0.25) is 0 Å². The summed E-state index contributed by atoms with van der Waals surface area (Å²) in [5, 5.41) is 3.43. The maximum atomic E-state index is 12.2. The molecule has 4 aliphatic rings. The molecule has 11 nitrogen and oxygen atoms in total. The number of urea groups is 1. The number of anilines is 3. The van der Waals surface area contributed by atoms with Crippen LogP contribution in [0.5, 0.6) is 0 Å². The van der Waals surface area contributed by atoms with Crippen molar-refractivity contribution in [3.63, 3.8) is 0 Å². The second-order valence-corrected chi connectivity index (χ2v) is 14.4. The molecule has 3 amide bonds. The summed E-state index contributed by atoms with van der Waals surface area (Å²) < 4.78 is 0. The number of aromatic amines is 1. The van der Waals surface area contributed by atoms with Gasteiger partial charge < -0.3 is 14.8 Å². The molecule has 0 saturated carbocycles. The third-order valence-electron chi connectivity index (χ3n) is 11.3. The van der Waals surface area contributed by atoms with Crippen LogP contribution in [0.3, 0.4) is 0 Å². The number of pyridine rings is 1. The van der Waals surface area contributed by atoms with Gasteiger partial charge in [0, 0.05) is 81.1 Å². The van der Waals surface area contributed by atoms with Crippen LogP contribution in [0, 0.1) is 5.92 Å². The number of nitrogens with zero attached hydrogens (tertiary/aromatic N) is 7. The van der Waals surface area contributed by atoms with Crippen molar-refractivity contribution in [3.05, 3.63) is 84.3 Å². The van der Waals surface area contributed by atoms with E-state index >= 15 is 0 Å². The fourth-order valence-electron chi connectivity index (χ4n) is 8.34. The fourth-order valence-corrected chi connectivity index (χ4v) is 8.34. The fraction of sp³-hybridized carbons (Fsp3) is 0.375. The summed E-state index contributed by atoms with van der Waals surface area (Å²) in [6.45, 7) is 7.78. The maximum Gasteiger partial charge on any atom is 0.328 e. The van der Waals surface area contributed by atoms with E-state index in [4.69, 9.17) is 4.98 Å². The van der Waals surface area contributed by atoms with Crippen molar-refractivity contribution in [2.45, 2.75) is 38.5 Å². The van der Waals surface area contributed by atoms with Gasteiger partial charge in [0.2, 0.25) is 5.91 Å². The highest BCUT2D eigenvalue weighted by Gasteiger charge is 2.27. The first kappa shape index (κ1) is 31.7. The zero-order valence-electron chi connectivity index (χ0n) is 28.9. The van der Waals surface area contributed by atoms with Crippen molar-refractivity contribution in [1.29, 1.82) is 0 Å². The molecule has 1 aliphatic carbocycles. The number of nitrogens with one attached hydrogen (secondary N) is 2. The smallest absolute Gasteiger partial charge is 0.328 e. The second kappa shape index (κ2) is 13.4. The van der Waals surface area contributed by atoms with Crippen molar-refractivity contribution in [1.82, 2.24) is 30.2 Å². The van der Waals surface area contributed by atoms with Crippen molar-refractivity contribution in [2.24, 2.45) is 5.92 Å². The lowest BCUT2D eigenvalue weighted by molar-refractivity contribution is -0.120. The van der Waals surface area contributed by atoms with E-state index in [1.54, 1.807) is 11.2 Å². The number of benzene rings is 2. The third kappa shape index (κ3) is 6.42. The molecule has 3 aliphatic heterocycles. The topological polar surface area (TPSA) is 114 Å². The van der Waals surface area contributed by atoms with Gasteiger partial charge in [-0.3, -0.25) is 24.9 Å². The van der Waals surface area contributed by atoms with Gasteiger partial charge >= 0.3 is 6.03 Å². The van der Waals surface area contributed by atoms with E-state index < -0.39 is 0 Å². The number of carbonyl (C=O) groups excluding carboxylic acids is 2. The van der Waals surface area contributed by atoms with Crippen LogP contribution in [0.15, 0.2) is 73.2 Å². The van der Waals surface area contributed by atoms with Crippen LogP contribution in [0.25, 0.3) is 33.7 Å². The number of fused-ring (bicyclic) bond motifs is 2. The molecule has 2 N–H and O–H groups in total. The molecule has 9 rings (SSSR count). The molecule has 0 bridgehead atoms. The zero-order chi connectivity index (χ0) is 34.3. The minimum absolute atomic E-state index is 0.209. The Morgan fingerprint density at radius 2 is 1.47 bits per heavy atom. The number of hydrogen-bond acceptors (Lipinski definition) is 8. The number of hydrogen-bond donors (Lipinski definition) is 2. The number of aryl methyl sites for hydroxylation is 2. The van der Waals surface area contributed by atoms with Gasteiger partial charge in [-0.1, -0.05) is 12.1 Å².